The van der Waals surface area contributed by atoms with Gasteiger partial charge in [-0.3, -0.25) is 4.79 Å². The summed E-state index contributed by atoms with van der Waals surface area (Å²) in [6.07, 6.45) is 0. The maximum Gasteiger partial charge on any atom is 0.300 e. The van der Waals surface area contributed by atoms with Crippen LogP contribution in [-0.4, -0.2) is 21.0 Å². The Kier molecular flexibility index (Phi) is 3.37. The summed E-state index contributed by atoms with van der Waals surface area (Å²) in [6, 6.07) is 10.2. The highest BCUT2D eigenvalue weighted by Crippen LogP contribution is 2.26. The molecule has 19 heavy (non-hydrogen) atoms. The lowest BCUT2D eigenvalue weighted by Crippen LogP contribution is -1.93. The molecule has 0 aliphatic carbocycles. The fourth-order valence-electron chi connectivity index (χ4n) is 1.88. The molecule has 0 bridgehead atoms. The van der Waals surface area contributed by atoms with Gasteiger partial charge in [0, 0.05) is 23.2 Å². The molecule has 0 fully saturated rings. The number of nitrogens with one attached hydrogen (secondary N) is 1. The zero-order valence-electron chi connectivity index (χ0n) is 10.8. The number of nitrogen functional groups attached to an aromatic ring is 1. The molecule has 1 aromatic carbocycles. The van der Waals surface area contributed by atoms with Gasteiger partial charge in [0.25, 0.3) is 5.97 Å². The molecule has 0 unspecified atom stereocenters. The van der Waals surface area contributed by atoms with Crippen LogP contribution < -0.4 is 5.73 Å². The highest BCUT2D eigenvalue weighted by Gasteiger charge is 2.06. The fourth-order valence-corrected chi connectivity index (χ4v) is 1.88. The lowest BCUT2D eigenvalue weighted by molar-refractivity contribution is -0.134. The van der Waals surface area contributed by atoms with E-state index >= 15 is 0 Å². The van der Waals surface area contributed by atoms with Crippen molar-refractivity contribution in [3.63, 3.8) is 0 Å². The van der Waals surface area contributed by atoms with Crippen molar-refractivity contribution in [2.75, 3.05) is 5.73 Å². The van der Waals surface area contributed by atoms with Crippen LogP contribution in [0.3, 0.4) is 0 Å². The van der Waals surface area contributed by atoms with Gasteiger partial charge in [-0.05, 0) is 24.6 Å². The average molecular weight is 257 g/mol. The highest BCUT2D eigenvalue weighted by molar-refractivity contribution is 6.06. The maximum absolute atomic E-state index is 9.00. The SMILES string of the molecule is CC(=O)O.Cc1cc2c(nc1N)[nH]c1ccccc12. The number of aromatic nitrogens is 2. The fraction of sp³-hybridized carbons (Fsp3) is 0.143. The molecule has 3 aromatic rings. The lowest BCUT2D eigenvalue weighted by atomic mass is 10.1. The summed E-state index contributed by atoms with van der Waals surface area (Å²) in [7, 11) is 0. The monoisotopic (exact) mass is 257 g/mol. The van der Waals surface area contributed by atoms with Crippen LogP contribution in [0.15, 0.2) is 30.3 Å². The second-order valence-corrected chi connectivity index (χ2v) is 4.28. The van der Waals surface area contributed by atoms with Gasteiger partial charge < -0.3 is 15.8 Å². The van der Waals surface area contributed by atoms with E-state index in [1.807, 2.05) is 25.1 Å². The number of nitrogens with two attached hydrogens (primary N) is 1. The smallest absolute Gasteiger partial charge is 0.300 e. The average Bonchev–Trinajstić information content (AvgIpc) is 2.67. The Morgan fingerprint density at radius 3 is 2.63 bits per heavy atom. The van der Waals surface area contributed by atoms with Crippen LogP contribution in [0.2, 0.25) is 0 Å². The number of H-pyrrole nitrogens is 1. The van der Waals surface area contributed by atoms with E-state index in [2.05, 4.69) is 22.1 Å². The Bertz CT molecular complexity index is 743. The number of para-hydroxylation sites is 1. The zero-order valence-corrected chi connectivity index (χ0v) is 10.8. The molecule has 0 saturated carbocycles. The Morgan fingerprint density at radius 2 is 1.95 bits per heavy atom. The molecule has 0 saturated heterocycles. The number of anilines is 1. The number of benzene rings is 1. The number of carboxylic acids is 1. The number of hydrogen-bond donors (Lipinski definition) is 3. The minimum Gasteiger partial charge on any atom is -0.481 e. The van der Waals surface area contributed by atoms with Crippen LogP contribution in [0, 0.1) is 6.92 Å². The first kappa shape index (κ1) is 12.9. The number of carbonyl (C=O) groups is 1. The van der Waals surface area contributed by atoms with Crippen molar-refractivity contribution in [3.05, 3.63) is 35.9 Å². The molecule has 5 heteroatoms. The molecule has 2 aromatic heterocycles. The third-order valence-electron chi connectivity index (χ3n) is 2.72. The molecule has 0 aliphatic heterocycles. The van der Waals surface area contributed by atoms with Crippen LogP contribution in [-0.2, 0) is 4.79 Å². The summed E-state index contributed by atoms with van der Waals surface area (Å²) in [5, 5.41) is 9.75. The Morgan fingerprint density at radius 1 is 1.32 bits per heavy atom. The normalized spacial score (nSPS) is 10.2. The van der Waals surface area contributed by atoms with Gasteiger partial charge in [-0.15, -0.1) is 0 Å². The van der Waals surface area contributed by atoms with E-state index in [1.165, 1.54) is 5.39 Å². The van der Waals surface area contributed by atoms with E-state index in [9.17, 15) is 0 Å². The quantitative estimate of drug-likeness (QED) is 0.577. The van der Waals surface area contributed by atoms with E-state index < -0.39 is 5.97 Å². The zero-order chi connectivity index (χ0) is 14.0. The van der Waals surface area contributed by atoms with E-state index in [1.54, 1.807) is 0 Å². The number of aryl methyl sites for hydroxylation is 1. The third kappa shape index (κ3) is 2.65. The number of aromatic amines is 1. The minimum absolute atomic E-state index is 0.592. The minimum atomic E-state index is -0.833. The first-order valence-electron chi connectivity index (χ1n) is 5.82. The van der Waals surface area contributed by atoms with E-state index in [-0.39, 0.29) is 0 Å². The van der Waals surface area contributed by atoms with E-state index in [0.29, 0.717) is 5.82 Å². The van der Waals surface area contributed by atoms with Gasteiger partial charge in [0.05, 0.1) is 0 Å². The molecular weight excluding hydrogens is 242 g/mol. The van der Waals surface area contributed by atoms with Crippen molar-refractivity contribution < 1.29 is 9.90 Å². The number of carboxylic acid groups (broad SMARTS) is 1. The number of rotatable bonds is 0. The summed E-state index contributed by atoms with van der Waals surface area (Å²) in [5.41, 5.74) is 8.76. The predicted octanol–water partition coefficient (Wildman–Crippen LogP) is 2.70. The van der Waals surface area contributed by atoms with Gasteiger partial charge in [-0.2, -0.15) is 0 Å². The number of fused-ring (bicyclic) bond motifs is 3. The van der Waals surface area contributed by atoms with Gasteiger partial charge in [0.2, 0.25) is 0 Å². The topological polar surface area (TPSA) is 92.0 Å². The second-order valence-electron chi connectivity index (χ2n) is 4.28. The summed E-state index contributed by atoms with van der Waals surface area (Å²) in [6.45, 7) is 3.06. The number of pyridine rings is 1. The first-order chi connectivity index (χ1) is 8.99. The summed E-state index contributed by atoms with van der Waals surface area (Å²) in [5.74, 6) is -0.242. The molecule has 0 aliphatic rings. The predicted molar refractivity (Wildman–Crippen MR) is 76.1 cm³/mol. The van der Waals surface area contributed by atoms with E-state index in [4.69, 9.17) is 15.6 Å². The standard InChI is InChI=1S/C12H11N3.C2H4O2/c1-7-6-9-8-4-2-3-5-10(8)14-12(9)15-11(7)13;1-2(3)4/h2-6H,1H3,(H3,13,14,15);1H3,(H,3,4). The van der Waals surface area contributed by atoms with Gasteiger partial charge in [-0.25, -0.2) is 4.98 Å². The largest absolute Gasteiger partial charge is 0.481 e. The summed E-state index contributed by atoms with van der Waals surface area (Å²) in [4.78, 5) is 16.6. The van der Waals surface area contributed by atoms with Crippen molar-refractivity contribution in [2.45, 2.75) is 13.8 Å². The Labute approximate surface area is 110 Å². The lowest BCUT2D eigenvalue weighted by Gasteiger charge is -1.98. The Balaban J connectivity index is 0.000000297. The number of aliphatic carboxylic acids is 1. The van der Waals surface area contributed by atoms with Crippen LogP contribution in [0.5, 0.6) is 0 Å². The van der Waals surface area contributed by atoms with Gasteiger partial charge in [-0.1, -0.05) is 18.2 Å². The van der Waals surface area contributed by atoms with Crippen molar-refractivity contribution in [2.24, 2.45) is 0 Å². The first-order valence-corrected chi connectivity index (χ1v) is 5.82. The van der Waals surface area contributed by atoms with Gasteiger partial charge >= 0.3 is 0 Å². The number of nitrogens with zero attached hydrogens (tertiary/aromatic N) is 1. The molecular formula is C14H15N3O2. The van der Waals surface area contributed by atoms with Crippen LogP contribution >= 0.6 is 0 Å². The molecule has 0 radical (unpaired) electrons. The van der Waals surface area contributed by atoms with Crippen molar-refractivity contribution in [1.82, 2.24) is 9.97 Å². The maximum atomic E-state index is 9.00. The summed E-state index contributed by atoms with van der Waals surface area (Å²) < 4.78 is 0. The molecule has 3 rings (SSSR count). The van der Waals surface area contributed by atoms with Crippen molar-refractivity contribution >= 4 is 33.7 Å². The molecule has 2 heterocycles. The van der Waals surface area contributed by atoms with Crippen LogP contribution in [0.1, 0.15) is 12.5 Å². The van der Waals surface area contributed by atoms with E-state index in [0.717, 1.165) is 29.0 Å². The highest BCUT2D eigenvalue weighted by atomic mass is 16.4. The second kappa shape index (κ2) is 4.97. The van der Waals surface area contributed by atoms with Gasteiger partial charge in [0.1, 0.15) is 11.5 Å². The molecule has 4 N–H and O–H groups in total. The third-order valence-corrected chi connectivity index (χ3v) is 2.72. The molecule has 0 atom stereocenters. The molecule has 5 nitrogen and oxygen atoms in total. The van der Waals surface area contributed by atoms with Crippen LogP contribution in [0.25, 0.3) is 21.9 Å². The summed E-state index contributed by atoms with van der Waals surface area (Å²) >= 11 is 0. The number of hydrogen-bond acceptors (Lipinski definition) is 3. The van der Waals surface area contributed by atoms with Crippen molar-refractivity contribution in [1.29, 1.82) is 0 Å². The molecule has 98 valence electrons. The van der Waals surface area contributed by atoms with Crippen LogP contribution in [0.4, 0.5) is 5.82 Å². The van der Waals surface area contributed by atoms with Crippen molar-refractivity contribution in [3.8, 4) is 0 Å². The molecule has 0 spiro atoms. The van der Waals surface area contributed by atoms with Gasteiger partial charge in [0.15, 0.2) is 0 Å². The molecule has 0 amide bonds. The Hall–Kier alpha value is -2.56.